The van der Waals surface area contributed by atoms with Crippen LogP contribution in [-0.2, 0) is 15.8 Å². The molecule has 136 valence electrons. The number of anilines is 1. The zero-order valence-electron chi connectivity index (χ0n) is 13.4. The van der Waals surface area contributed by atoms with Crippen LogP contribution in [0.3, 0.4) is 0 Å². The van der Waals surface area contributed by atoms with Gasteiger partial charge in [-0.3, -0.25) is 14.4 Å². The zero-order valence-corrected chi connectivity index (χ0v) is 13.4. The Morgan fingerprint density at radius 3 is 2.28 bits per heavy atom. The van der Waals surface area contributed by atoms with Crippen LogP contribution in [0.5, 0.6) is 0 Å². The van der Waals surface area contributed by atoms with Crippen molar-refractivity contribution < 1.29 is 32.7 Å². The fraction of sp³-hybridized carbons (Fsp3) is 0.438. The summed E-state index contributed by atoms with van der Waals surface area (Å²) in [6.45, 7) is 1.14. The SMILES string of the molecule is CC(=O)Nc1cc(C(=O)NC2(CC(=O)O)CCC2)cc(C(F)(F)F)c1. The van der Waals surface area contributed by atoms with E-state index in [0.717, 1.165) is 25.5 Å². The van der Waals surface area contributed by atoms with Gasteiger partial charge in [-0.1, -0.05) is 0 Å². The molecule has 1 aliphatic rings. The lowest BCUT2D eigenvalue weighted by molar-refractivity contribution is -0.139. The standard InChI is InChI=1S/C16H17F3N2O4/c1-9(22)20-12-6-10(5-11(7-12)16(17,18)19)14(25)21-15(3-2-4-15)8-13(23)24/h5-7H,2-4,8H2,1H3,(H,20,22)(H,21,25)(H,23,24). The first kappa shape index (κ1) is 18.8. The van der Waals surface area contributed by atoms with Crippen molar-refractivity contribution in [2.45, 2.75) is 44.3 Å². The van der Waals surface area contributed by atoms with Crippen LogP contribution >= 0.6 is 0 Å². The molecule has 0 heterocycles. The largest absolute Gasteiger partial charge is 0.481 e. The van der Waals surface area contributed by atoms with E-state index in [1.54, 1.807) is 0 Å². The highest BCUT2D eigenvalue weighted by atomic mass is 19.4. The van der Waals surface area contributed by atoms with Crippen LogP contribution < -0.4 is 10.6 Å². The summed E-state index contributed by atoms with van der Waals surface area (Å²) in [6.07, 6.45) is -3.37. The molecule has 0 saturated heterocycles. The van der Waals surface area contributed by atoms with E-state index < -0.39 is 35.1 Å². The molecule has 1 aromatic carbocycles. The predicted octanol–water partition coefficient (Wildman–Crippen LogP) is 2.79. The first-order chi connectivity index (χ1) is 11.5. The Morgan fingerprint density at radius 1 is 1.20 bits per heavy atom. The molecule has 2 rings (SSSR count). The van der Waals surface area contributed by atoms with Gasteiger partial charge in [0.2, 0.25) is 5.91 Å². The lowest BCUT2D eigenvalue weighted by Gasteiger charge is -2.41. The molecule has 0 radical (unpaired) electrons. The van der Waals surface area contributed by atoms with Gasteiger partial charge in [-0.2, -0.15) is 13.2 Å². The lowest BCUT2D eigenvalue weighted by Crippen LogP contribution is -2.54. The van der Waals surface area contributed by atoms with Crippen molar-refractivity contribution in [1.82, 2.24) is 5.32 Å². The third kappa shape index (κ3) is 4.71. The molecule has 0 bridgehead atoms. The number of carboxylic acid groups (broad SMARTS) is 1. The summed E-state index contributed by atoms with van der Waals surface area (Å²) in [5, 5.41) is 13.7. The number of carbonyl (C=O) groups is 3. The number of rotatable bonds is 5. The van der Waals surface area contributed by atoms with Gasteiger partial charge in [-0.25, -0.2) is 0 Å². The smallest absolute Gasteiger partial charge is 0.416 e. The van der Waals surface area contributed by atoms with Crippen LogP contribution in [0.25, 0.3) is 0 Å². The summed E-state index contributed by atoms with van der Waals surface area (Å²) >= 11 is 0. The molecule has 9 heteroatoms. The number of carbonyl (C=O) groups excluding carboxylic acids is 2. The van der Waals surface area contributed by atoms with E-state index in [9.17, 15) is 27.6 Å². The first-order valence-electron chi connectivity index (χ1n) is 7.55. The molecule has 1 saturated carbocycles. The Kier molecular flexibility index (Phi) is 5.05. The number of hydrogen-bond donors (Lipinski definition) is 3. The van der Waals surface area contributed by atoms with Crippen molar-refractivity contribution >= 4 is 23.5 Å². The molecule has 3 N–H and O–H groups in total. The number of hydrogen-bond acceptors (Lipinski definition) is 3. The van der Waals surface area contributed by atoms with Crippen LogP contribution in [0.4, 0.5) is 18.9 Å². The fourth-order valence-corrected chi connectivity index (χ4v) is 2.75. The number of nitrogens with one attached hydrogen (secondary N) is 2. The van der Waals surface area contributed by atoms with E-state index in [-0.39, 0.29) is 17.7 Å². The molecular formula is C16H17F3N2O4. The van der Waals surface area contributed by atoms with Crippen LogP contribution in [0.15, 0.2) is 18.2 Å². The van der Waals surface area contributed by atoms with Gasteiger partial charge in [0.25, 0.3) is 5.91 Å². The van der Waals surface area contributed by atoms with E-state index in [4.69, 9.17) is 5.11 Å². The second kappa shape index (κ2) is 6.73. The molecule has 6 nitrogen and oxygen atoms in total. The molecule has 25 heavy (non-hydrogen) atoms. The van der Waals surface area contributed by atoms with Gasteiger partial charge in [0.05, 0.1) is 17.5 Å². The number of aliphatic carboxylic acids is 1. The molecule has 0 atom stereocenters. The second-order valence-electron chi connectivity index (χ2n) is 6.14. The van der Waals surface area contributed by atoms with Gasteiger partial charge in [0.15, 0.2) is 0 Å². The lowest BCUT2D eigenvalue weighted by atomic mass is 9.74. The molecule has 1 aliphatic carbocycles. The number of amides is 2. The summed E-state index contributed by atoms with van der Waals surface area (Å²) in [5.41, 5.74) is -2.47. The fourth-order valence-electron chi connectivity index (χ4n) is 2.75. The van der Waals surface area contributed by atoms with Crippen LogP contribution in [-0.4, -0.2) is 28.4 Å². The van der Waals surface area contributed by atoms with Gasteiger partial charge in [0, 0.05) is 18.2 Å². The normalized spacial score (nSPS) is 15.8. The van der Waals surface area contributed by atoms with Crippen molar-refractivity contribution in [2.24, 2.45) is 0 Å². The van der Waals surface area contributed by atoms with Crippen LogP contribution in [0.1, 0.15) is 48.5 Å². The molecule has 0 spiro atoms. The highest BCUT2D eigenvalue weighted by Gasteiger charge is 2.41. The summed E-state index contributed by atoms with van der Waals surface area (Å²) in [4.78, 5) is 34.4. The summed E-state index contributed by atoms with van der Waals surface area (Å²) in [7, 11) is 0. The van der Waals surface area contributed by atoms with Crippen molar-refractivity contribution in [3.8, 4) is 0 Å². The molecule has 1 aromatic rings. The molecular weight excluding hydrogens is 341 g/mol. The van der Waals surface area contributed by atoms with E-state index in [0.29, 0.717) is 18.9 Å². The number of benzene rings is 1. The first-order valence-corrected chi connectivity index (χ1v) is 7.55. The Hall–Kier alpha value is -2.58. The molecule has 0 aromatic heterocycles. The van der Waals surface area contributed by atoms with E-state index in [1.807, 2.05) is 0 Å². The summed E-state index contributed by atoms with van der Waals surface area (Å²) in [5.74, 6) is -2.48. The van der Waals surface area contributed by atoms with E-state index in [2.05, 4.69) is 10.6 Å². The molecule has 2 amide bonds. The Bertz CT molecular complexity index is 712. The Labute approximate surface area is 141 Å². The monoisotopic (exact) mass is 358 g/mol. The summed E-state index contributed by atoms with van der Waals surface area (Å²) in [6, 6.07) is 2.53. The van der Waals surface area contributed by atoms with Crippen molar-refractivity contribution in [3.63, 3.8) is 0 Å². The maximum Gasteiger partial charge on any atom is 0.416 e. The van der Waals surface area contributed by atoms with Gasteiger partial charge in [-0.15, -0.1) is 0 Å². The molecule has 1 fully saturated rings. The van der Waals surface area contributed by atoms with Crippen molar-refractivity contribution in [1.29, 1.82) is 0 Å². The molecule has 0 unspecified atom stereocenters. The predicted molar refractivity (Wildman–Crippen MR) is 82.0 cm³/mol. The average molecular weight is 358 g/mol. The number of halogens is 3. The average Bonchev–Trinajstić information content (AvgIpc) is 2.42. The van der Waals surface area contributed by atoms with Gasteiger partial charge in [-0.05, 0) is 37.5 Å². The Balaban J connectivity index is 2.31. The van der Waals surface area contributed by atoms with E-state index >= 15 is 0 Å². The maximum absolute atomic E-state index is 13.0. The maximum atomic E-state index is 13.0. The van der Waals surface area contributed by atoms with Gasteiger partial charge in [0.1, 0.15) is 0 Å². The second-order valence-corrected chi connectivity index (χ2v) is 6.14. The highest BCUT2D eigenvalue weighted by Crippen LogP contribution is 2.36. The van der Waals surface area contributed by atoms with E-state index in [1.165, 1.54) is 0 Å². The highest BCUT2D eigenvalue weighted by molar-refractivity contribution is 5.97. The number of alkyl halides is 3. The van der Waals surface area contributed by atoms with Gasteiger partial charge < -0.3 is 15.7 Å². The minimum Gasteiger partial charge on any atom is -0.481 e. The van der Waals surface area contributed by atoms with Gasteiger partial charge >= 0.3 is 12.1 Å². The third-order valence-electron chi connectivity index (χ3n) is 4.02. The van der Waals surface area contributed by atoms with Crippen LogP contribution in [0, 0.1) is 0 Å². The zero-order chi connectivity index (χ0) is 18.8. The number of carboxylic acids is 1. The Morgan fingerprint density at radius 2 is 1.84 bits per heavy atom. The quantitative estimate of drug-likeness (QED) is 0.754. The van der Waals surface area contributed by atoms with Crippen molar-refractivity contribution in [2.75, 3.05) is 5.32 Å². The van der Waals surface area contributed by atoms with Crippen molar-refractivity contribution in [3.05, 3.63) is 29.3 Å². The third-order valence-corrected chi connectivity index (χ3v) is 4.02. The topological polar surface area (TPSA) is 95.5 Å². The summed E-state index contributed by atoms with van der Waals surface area (Å²) < 4.78 is 39.0. The van der Waals surface area contributed by atoms with Crippen LogP contribution in [0.2, 0.25) is 0 Å². The minimum atomic E-state index is -4.70. The minimum absolute atomic E-state index is 0.159. The molecule has 0 aliphatic heterocycles.